The van der Waals surface area contributed by atoms with Crippen LogP contribution in [0.25, 0.3) is 0 Å². The fourth-order valence-electron chi connectivity index (χ4n) is 2.61. The third-order valence-electron chi connectivity index (χ3n) is 5.76. The zero-order valence-corrected chi connectivity index (χ0v) is 21.5. The lowest BCUT2D eigenvalue weighted by molar-refractivity contribution is 0.102. The first-order valence-electron chi connectivity index (χ1n) is 10.1. The van der Waals surface area contributed by atoms with Crippen LogP contribution < -0.4 is 5.32 Å². The summed E-state index contributed by atoms with van der Waals surface area (Å²) in [6.45, 7) is 18.1. The van der Waals surface area contributed by atoms with Crippen LogP contribution in [0, 0.1) is 0 Å². The highest BCUT2D eigenvalue weighted by molar-refractivity contribution is 9.10. The van der Waals surface area contributed by atoms with Gasteiger partial charge in [-0.25, -0.2) is 0 Å². The van der Waals surface area contributed by atoms with Gasteiger partial charge in [-0.05, 0) is 53.4 Å². The molecule has 0 spiro atoms. The maximum Gasteiger partial charge on any atom is 0.255 e. The number of amides is 1. The van der Waals surface area contributed by atoms with Crippen LogP contribution in [0.5, 0.6) is 0 Å². The van der Waals surface area contributed by atoms with Crippen molar-refractivity contribution in [1.82, 2.24) is 0 Å². The second kappa shape index (κ2) is 8.74. The van der Waals surface area contributed by atoms with Gasteiger partial charge in [-0.3, -0.25) is 4.79 Å². The van der Waals surface area contributed by atoms with Crippen molar-refractivity contribution in [3.05, 3.63) is 63.6 Å². The van der Waals surface area contributed by atoms with E-state index in [-0.39, 0.29) is 16.4 Å². The molecule has 1 amide bonds. The molecule has 2 rings (SSSR count). The van der Waals surface area contributed by atoms with Gasteiger partial charge in [0.2, 0.25) is 0 Å². The lowest BCUT2D eigenvalue weighted by Gasteiger charge is -2.36. The summed E-state index contributed by atoms with van der Waals surface area (Å²) in [6, 6.07) is 13.7. The number of hydrogen-bond acceptors (Lipinski definition) is 2. The molecule has 2 aromatic carbocycles. The van der Waals surface area contributed by atoms with Crippen molar-refractivity contribution in [2.75, 3.05) is 5.32 Å². The van der Waals surface area contributed by atoms with Crippen LogP contribution >= 0.6 is 15.9 Å². The second-order valence-electron chi connectivity index (χ2n) is 10.1. The van der Waals surface area contributed by atoms with Crippen LogP contribution in [0.1, 0.15) is 63.0 Å². The van der Waals surface area contributed by atoms with Crippen molar-refractivity contribution in [3.8, 4) is 0 Å². The first-order chi connectivity index (χ1) is 13.2. The smallest absolute Gasteiger partial charge is 0.255 e. The summed E-state index contributed by atoms with van der Waals surface area (Å²) in [5.41, 5.74) is 3.67. The Kier molecular flexibility index (Phi) is 7.19. The Morgan fingerprint density at radius 1 is 1.00 bits per heavy atom. The maximum atomic E-state index is 12.8. The molecule has 0 aliphatic heterocycles. The Hall–Kier alpha value is -1.43. The maximum absolute atomic E-state index is 12.8. The molecule has 0 aliphatic carbocycles. The fraction of sp³-hybridized carbons (Fsp3) is 0.458. The molecule has 0 aromatic heterocycles. The zero-order chi connectivity index (χ0) is 22.0. The van der Waals surface area contributed by atoms with Gasteiger partial charge in [0.1, 0.15) is 0 Å². The lowest BCUT2D eigenvalue weighted by Crippen LogP contribution is -2.40. The summed E-state index contributed by atoms with van der Waals surface area (Å²) in [5, 5.41) is 3.20. The number of benzene rings is 2. The first kappa shape index (κ1) is 23.8. The SMILES string of the molecule is CC(C)(C)c1ccc(C(=O)Nc2cccc(Br)c2CO[Si](C)(C)C(C)(C)C)cc1. The number of hydrogen-bond donors (Lipinski definition) is 1. The summed E-state index contributed by atoms with van der Waals surface area (Å²) in [4.78, 5) is 12.8. The van der Waals surface area contributed by atoms with Gasteiger partial charge in [0, 0.05) is 21.3 Å². The van der Waals surface area contributed by atoms with Gasteiger partial charge >= 0.3 is 0 Å². The molecule has 0 aliphatic rings. The van der Waals surface area contributed by atoms with Crippen LogP contribution in [-0.2, 0) is 16.4 Å². The van der Waals surface area contributed by atoms with E-state index in [1.807, 2.05) is 42.5 Å². The van der Waals surface area contributed by atoms with Crippen molar-refractivity contribution < 1.29 is 9.22 Å². The fourth-order valence-corrected chi connectivity index (χ4v) is 4.03. The average Bonchev–Trinajstić information content (AvgIpc) is 2.59. The first-order valence-corrected chi connectivity index (χ1v) is 13.8. The largest absolute Gasteiger partial charge is 0.412 e. The molecule has 0 atom stereocenters. The van der Waals surface area contributed by atoms with E-state index >= 15 is 0 Å². The predicted molar refractivity (Wildman–Crippen MR) is 129 cm³/mol. The Morgan fingerprint density at radius 3 is 2.10 bits per heavy atom. The summed E-state index contributed by atoms with van der Waals surface area (Å²) in [7, 11) is -1.90. The third-order valence-corrected chi connectivity index (χ3v) is 11.0. The normalized spacial score (nSPS) is 12.7. The van der Waals surface area contributed by atoms with E-state index in [2.05, 4.69) is 75.9 Å². The van der Waals surface area contributed by atoms with Crippen molar-refractivity contribution in [3.63, 3.8) is 0 Å². The van der Waals surface area contributed by atoms with E-state index in [0.29, 0.717) is 12.2 Å². The predicted octanol–water partition coefficient (Wildman–Crippen LogP) is 7.52. The third kappa shape index (κ3) is 6.03. The quantitative estimate of drug-likeness (QED) is 0.453. The van der Waals surface area contributed by atoms with Crippen molar-refractivity contribution in [2.24, 2.45) is 0 Å². The van der Waals surface area contributed by atoms with Crippen LogP contribution in [0.4, 0.5) is 5.69 Å². The number of carbonyl (C=O) groups is 1. The van der Waals surface area contributed by atoms with Gasteiger partial charge < -0.3 is 9.74 Å². The van der Waals surface area contributed by atoms with Gasteiger partial charge in [-0.1, -0.05) is 75.7 Å². The van der Waals surface area contributed by atoms with Crippen molar-refractivity contribution in [1.29, 1.82) is 0 Å². The minimum Gasteiger partial charge on any atom is -0.412 e. The van der Waals surface area contributed by atoms with E-state index in [0.717, 1.165) is 15.7 Å². The van der Waals surface area contributed by atoms with Gasteiger partial charge in [0.15, 0.2) is 8.32 Å². The van der Waals surface area contributed by atoms with Gasteiger partial charge in [0.25, 0.3) is 5.91 Å². The number of nitrogens with one attached hydrogen (secondary N) is 1. The van der Waals surface area contributed by atoms with E-state index in [1.165, 1.54) is 5.56 Å². The standard InChI is InChI=1S/C24H34BrNO2Si/c1-23(2,3)18-14-12-17(13-15-18)22(27)26-21-11-9-10-20(25)19(21)16-28-29(7,8)24(4,5)6/h9-15H,16H2,1-8H3,(H,26,27). The number of anilines is 1. The molecule has 29 heavy (non-hydrogen) atoms. The van der Waals surface area contributed by atoms with Crippen LogP contribution in [0.3, 0.4) is 0 Å². The topological polar surface area (TPSA) is 38.3 Å². The van der Waals surface area contributed by atoms with Crippen LogP contribution in [-0.4, -0.2) is 14.2 Å². The number of rotatable bonds is 5. The van der Waals surface area contributed by atoms with Gasteiger partial charge in [-0.2, -0.15) is 0 Å². The number of halogens is 1. The van der Waals surface area contributed by atoms with Crippen molar-refractivity contribution >= 4 is 35.8 Å². The monoisotopic (exact) mass is 475 g/mol. The minimum absolute atomic E-state index is 0.0631. The molecule has 1 N–H and O–H groups in total. The summed E-state index contributed by atoms with van der Waals surface area (Å²) in [5.74, 6) is -0.114. The molecule has 3 nitrogen and oxygen atoms in total. The van der Waals surface area contributed by atoms with E-state index in [4.69, 9.17) is 4.43 Å². The van der Waals surface area contributed by atoms with E-state index in [9.17, 15) is 4.79 Å². The van der Waals surface area contributed by atoms with Crippen molar-refractivity contribution in [2.45, 2.75) is 71.7 Å². The highest BCUT2D eigenvalue weighted by Gasteiger charge is 2.37. The molecular formula is C24H34BrNO2Si. The molecular weight excluding hydrogens is 442 g/mol. The molecule has 0 saturated heterocycles. The Labute approximate surface area is 185 Å². The molecule has 158 valence electrons. The summed E-state index contributed by atoms with van der Waals surface area (Å²) < 4.78 is 7.34. The van der Waals surface area contributed by atoms with Crippen LogP contribution in [0.2, 0.25) is 18.1 Å². The summed E-state index contributed by atoms with van der Waals surface area (Å²) >= 11 is 3.63. The molecule has 0 bridgehead atoms. The van der Waals surface area contributed by atoms with Crippen LogP contribution in [0.15, 0.2) is 46.9 Å². The molecule has 0 fully saturated rings. The van der Waals surface area contributed by atoms with E-state index < -0.39 is 8.32 Å². The lowest BCUT2D eigenvalue weighted by atomic mass is 9.87. The highest BCUT2D eigenvalue weighted by atomic mass is 79.9. The molecule has 0 heterocycles. The highest BCUT2D eigenvalue weighted by Crippen LogP contribution is 2.38. The minimum atomic E-state index is -1.90. The molecule has 0 unspecified atom stereocenters. The Balaban J connectivity index is 2.21. The Bertz CT molecular complexity index is 862. The molecule has 5 heteroatoms. The summed E-state index contributed by atoms with van der Waals surface area (Å²) in [6.07, 6.45) is 0. The Morgan fingerprint density at radius 2 is 1.59 bits per heavy atom. The van der Waals surface area contributed by atoms with Gasteiger partial charge in [0.05, 0.1) is 6.61 Å². The second-order valence-corrected chi connectivity index (χ2v) is 15.8. The van der Waals surface area contributed by atoms with Gasteiger partial charge in [-0.15, -0.1) is 0 Å². The van der Waals surface area contributed by atoms with E-state index in [1.54, 1.807) is 0 Å². The molecule has 2 aromatic rings. The molecule has 0 saturated carbocycles. The average molecular weight is 477 g/mol. The zero-order valence-electron chi connectivity index (χ0n) is 18.9. The number of carbonyl (C=O) groups excluding carboxylic acids is 1. The molecule has 0 radical (unpaired) electrons.